The highest BCUT2D eigenvalue weighted by atomic mass is 16.5. The number of rotatable bonds is 2. The standard InChI is InChI=1S/C9H7N5O2/c1-11-8(15)7-13-9(16-14-7)5-2-6(3-10)12-4-5/h2,4,12H,1H3,(H,11,15). The first-order valence-electron chi connectivity index (χ1n) is 4.39. The van der Waals surface area contributed by atoms with Crippen LogP contribution in [0.3, 0.4) is 0 Å². The molecule has 0 aromatic carbocycles. The Morgan fingerprint density at radius 1 is 1.69 bits per heavy atom. The minimum atomic E-state index is -0.425. The summed E-state index contributed by atoms with van der Waals surface area (Å²) in [6, 6.07) is 3.49. The van der Waals surface area contributed by atoms with Crippen molar-refractivity contribution in [1.82, 2.24) is 20.4 Å². The topological polar surface area (TPSA) is 108 Å². The lowest BCUT2D eigenvalue weighted by molar-refractivity contribution is 0.0950. The van der Waals surface area contributed by atoms with Crippen molar-refractivity contribution in [2.24, 2.45) is 0 Å². The minimum absolute atomic E-state index is 0.0443. The van der Waals surface area contributed by atoms with E-state index in [1.165, 1.54) is 7.05 Å². The summed E-state index contributed by atoms with van der Waals surface area (Å²) in [5.74, 6) is -0.278. The van der Waals surface area contributed by atoms with Gasteiger partial charge < -0.3 is 14.8 Å². The quantitative estimate of drug-likeness (QED) is 0.751. The normalized spacial score (nSPS) is 9.75. The predicted octanol–water partition coefficient (Wildman–Crippen LogP) is 0.296. The summed E-state index contributed by atoms with van der Waals surface area (Å²) in [6.07, 6.45) is 1.56. The molecule has 2 rings (SSSR count). The second kappa shape index (κ2) is 3.86. The number of nitrogens with zero attached hydrogens (tertiary/aromatic N) is 3. The van der Waals surface area contributed by atoms with Gasteiger partial charge in [0.25, 0.3) is 17.6 Å². The maximum Gasteiger partial charge on any atom is 0.292 e. The lowest BCUT2D eigenvalue weighted by Gasteiger charge is -1.87. The van der Waals surface area contributed by atoms with Crippen LogP contribution in [0, 0.1) is 11.3 Å². The molecule has 0 unspecified atom stereocenters. The number of H-pyrrole nitrogens is 1. The van der Waals surface area contributed by atoms with Crippen LogP contribution in [0.2, 0.25) is 0 Å². The number of nitriles is 1. The monoisotopic (exact) mass is 217 g/mol. The van der Waals surface area contributed by atoms with Crippen LogP contribution >= 0.6 is 0 Å². The number of hydrogen-bond acceptors (Lipinski definition) is 5. The third kappa shape index (κ3) is 1.64. The summed E-state index contributed by atoms with van der Waals surface area (Å²) in [7, 11) is 1.47. The van der Waals surface area contributed by atoms with Crippen molar-refractivity contribution in [2.45, 2.75) is 0 Å². The average Bonchev–Trinajstić information content (AvgIpc) is 2.95. The molecular weight excluding hydrogens is 210 g/mol. The molecule has 0 saturated heterocycles. The van der Waals surface area contributed by atoms with Gasteiger partial charge in [0.05, 0.1) is 5.56 Å². The first-order valence-corrected chi connectivity index (χ1v) is 4.39. The Balaban J connectivity index is 2.32. The van der Waals surface area contributed by atoms with Gasteiger partial charge in [-0.15, -0.1) is 0 Å². The first-order chi connectivity index (χ1) is 7.74. The Hall–Kier alpha value is -2.62. The molecule has 0 bridgehead atoms. The van der Waals surface area contributed by atoms with Gasteiger partial charge in [-0.3, -0.25) is 4.79 Å². The fourth-order valence-corrected chi connectivity index (χ4v) is 1.13. The summed E-state index contributed by atoms with van der Waals surface area (Å²) in [5, 5.41) is 14.5. The molecule has 0 aliphatic heterocycles. The molecule has 0 aliphatic rings. The van der Waals surface area contributed by atoms with Crippen molar-refractivity contribution in [2.75, 3.05) is 7.05 Å². The van der Waals surface area contributed by atoms with E-state index in [1.807, 2.05) is 6.07 Å². The molecule has 7 nitrogen and oxygen atoms in total. The number of nitrogens with one attached hydrogen (secondary N) is 2. The molecule has 2 N–H and O–H groups in total. The zero-order chi connectivity index (χ0) is 11.5. The maximum atomic E-state index is 11.2. The van der Waals surface area contributed by atoms with Gasteiger partial charge in [0, 0.05) is 13.2 Å². The predicted molar refractivity (Wildman–Crippen MR) is 52.2 cm³/mol. The molecule has 2 aromatic rings. The van der Waals surface area contributed by atoms with Crippen LogP contribution in [0.5, 0.6) is 0 Å². The summed E-state index contributed by atoms with van der Waals surface area (Å²) in [4.78, 5) is 17.8. The van der Waals surface area contributed by atoms with Gasteiger partial charge in [-0.2, -0.15) is 10.2 Å². The number of hydrogen-bond donors (Lipinski definition) is 2. The average molecular weight is 217 g/mol. The van der Waals surface area contributed by atoms with E-state index >= 15 is 0 Å². The van der Waals surface area contributed by atoms with Crippen LogP contribution in [0.25, 0.3) is 11.5 Å². The molecule has 0 fully saturated rings. The van der Waals surface area contributed by atoms with E-state index in [4.69, 9.17) is 9.78 Å². The Morgan fingerprint density at radius 2 is 2.50 bits per heavy atom. The molecule has 2 aromatic heterocycles. The lowest BCUT2D eigenvalue weighted by Crippen LogP contribution is -2.19. The molecule has 0 atom stereocenters. The number of aromatic nitrogens is 3. The largest absolute Gasteiger partial charge is 0.352 e. The number of aromatic amines is 1. The third-order valence-corrected chi connectivity index (χ3v) is 1.91. The lowest BCUT2D eigenvalue weighted by atomic mass is 10.3. The smallest absolute Gasteiger partial charge is 0.292 e. The summed E-state index contributed by atoms with van der Waals surface area (Å²) in [5.41, 5.74) is 0.953. The van der Waals surface area contributed by atoms with Crippen molar-refractivity contribution in [3.63, 3.8) is 0 Å². The second-order valence-electron chi connectivity index (χ2n) is 2.92. The zero-order valence-corrected chi connectivity index (χ0v) is 8.31. The number of carbonyl (C=O) groups is 1. The van der Waals surface area contributed by atoms with Gasteiger partial charge in [0.1, 0.15) is 11.8 Å². The molecular formula is C9H7N5O2. The molecule has 16 heavy (non-hydrogen) atoms. The number of carbonyl (C=O) groups excluding carboxylic acids is 1. The fourth-order valence-electron chi connectivity index (χ4n) is 1.13. The van der Waals surface area contributed by atoms with E-state index in [0.717, 1.165) is 0 Å². The van der Waals surface area contributed by atoms with Crippen molar-refractivity contribution in [3.8, 4) is 17.5 Å². The van der Waals surface area contributed by atoms with Gasteiger partial charge in [-0.05, 0) is 6.07 Å². The van der Waals surface area contributed by atoms with E-state index in [-0.39, 0.29) is 11.7 Å². The van der Waals surface area contributed by atoms with Crippen molar-refractivity contribution < 1.29 is 9.32 Å². The summed E-state index contributed by atoms with van der Waals surface area (Å²) < 4.78 is 4.88. The molecule has 2 heterocycles. The second-order valence-corrected chi connectivity index (χ2v) is 2.92. The van der Waals surface area contributed by atoms with Gasteiger partial charge in [0.15, 0.2) is 0 Å². The molecule has 0 saturated carbocycles. The van der Waals surface area contributed by atoms with E-state index in [2.05, 4.69) is 20.4 Å². The summed E-state index contributed by atoms with van der Waals surface area (Å²) >= 11 is 0. The van der Waals surface area contributed by atoms with Gasteiger partial charge in [-0.25, -0.2) is 0 Å². The Bertz CT molecular complexity index is 562. The van der Waals surface area contributed by atoms with E-state index < -0.39 is 5.91 Å². The summed E-state index contributed by atoms with van der Waals surface area (Å²) in [6.45, 7) is 0. The van der Waals surface area contributed by atoms with Crippen molar-refractivity contribution in [3.05, 3.63) is 23.8 Å². The highest BCUT2D eigenvalue weighted by Gasteiger charge is 2.15. The molecule has 1 amide bonds. The van der Waals surface area contributed by atoms with Crippen LogP contribution in [0.15, 0.2) is 16.8 Å². The van der Waals surface area contributed by atoms with E-state index in [0.29, 0.717) is 11.3 Å². The third-order valence-electron chi connectivity index (χ3n) is 1.91. The van der Waals surface area contributed by atoms with Crippen LogP contribution in [0.4, 0.5) is 0 Å². The molecule has 0 aliphatic carbocycles. The SMILES string of the molecule is CNC(=O)c1noc(-c2c[nH]c(C#N)c2)n1. The molecule has 7 heteroatoms. The maximum absolute atomic E-state index is 11.2. The zero-order valence-electron chi connectivity index (χ0n) is 8.31. The Kier molecular flexibility index (Phi) is 2.39. The van der Waals surface area contributed by atoms with Gasteiger partial charge >= 0.3 is 0 Å². The Morgan fingerprint density at radius 3 is 3.12 bits per heavy atom. The molecule has 0 spiro atoms. The highest BCUT2D eigenvalue weighted by Crippen LogP contribution is 2.17. The van der Waals surface area contributed by atoms with Gasteiger partial charge in [-0.1, -0.05) is 5.16 Å². The van der Waals surface area contributed by atoms with E-state index in [9.17, 15) is 4.79 Å². The van der Waals surface area contributed by atoms with Crippen LogP contribution in [0.1, 0.15) is 16.3 Å². The Labute approximate surface area is 90.1 Å². The molecule has 80 valence electrons. The molecule has 0 radical (unpaired) electrons. The fraction of sp³-hybridized carbons (Fsp3) is 0.111. The minimum Gasteiger partial charge on any atom is -0.352 e. The first kappa shape index (κ1) is 9.92. The van der Waals surface area contributed by atoms with Crippen LogP contribution in [-0.4, -0.2) is 28.1 Å². The van der Waals surface area contributed by atoms with Gasteiger partial charge in [0.2, 0.25) is 0 Å². The van der Waals surface area contributed by atoms with E-state index in [1.54, 1.807) is 12.3 Å². The number of amides is 1. The van der Waals surface area contributed by atoms with Crippen LogP contribution < -0.4 is 5.32 Å². The highest BCUT2D eigenvalue weighted by molar-refractivity contribution is 5.90. The van der Waals surface area contributed by atoms with Crippen molar-refractivity contribution in [1.29, 1.82) is 5.26 Å². The van der Waals surface area contributed by atoms with Crippen LogP contribution in [-0.2, 0) is 0 Å². The van der Waals surface area contributed by atoms with Crippen molar-refractivity contribution >= 4 is 5.91 Å².